The topological polar surface area (TPSA) is 88.4 Å². The largest absolute Gasteiger partial charge is 0.297 e. The number of likely N-dealkylation sites (tertiary alicyclic amines) is 1. The van der Waals surface area contributed by atoms with E-state index in [2.05, 4.69) is 15.0 Å². The zero-order valence-electron chi connectivity index (χ0n) is 15.8. The average Bonchev–Trinajstić information content (AvgIpc) is 3.27. The Morgan fingerprint density at radius 3 is 2.61 bits per heavy atom. The monoisotopic (exact) mass is 403 g/mol. The lowest BCUT2D eigenvalue weighted by Gasteiger charge is -2.26. The normalized spacial score (nSPS) is 22.6. The van der Waals surface area contributed by atoms with Gasteiger partial charge in [-0.15, -0.1) is 0 Å². The van der Waals surface area contributed by atoms with Crippen LogP contribution in [-0.4, -0.2) is 70.4 Å². The first-order chi connectivity index (χ1) is 13.5. The van der Waals surface area contributed by atoms with Crippen LogP contribution in [0, 0.1) is 0 Å². The molecule has 2 aromatic heterocycles. The van der Waals surface area contributed by atoms with Crippen LogP contribution in [0.3, 0.4) is 0 Å². The van der Waals surface area contributed by atoms with Gasteiger partial charge in [-0.25, -0.2) is 17.4 Å². The number of aromatic nitrogens is 3. The van der Waals surface area contributed by atoms with Gasteiger partial charge in [0.25, 0.3) is 5.56 Å². The molecule has 8 nitrogen and oxygen atoms in total. The van der Waals surface area contributed by atoms with Crippen LogP contribution in [-0.2, 0) is 16.6 Å². The second kappa shape index (κ2) is 8.10. The third kappa shape index (κ3) is 4.16. The number of sulfonamides is 1. The molecule has 28 heavy (non-hydrogen) atoms. The van der Waals surface area contributed by atoms with Crippen LogP contribution in [0.15, 0.2) is 41.5 Å². The fourth-order valence-corrected chi connectivity index (χ4v) is 5.55. The Hall–Kier alpha value is -2.10. The lowest BCUT2D eigenvalue weighted by atomic mass is 10.2. The Labute approximate surface area is 164 Å². The zero-order chi connectivity index (χ0) is 19.6. The summed E-state index contributed by atoms with van der Waals surface area (Å²) < 4.78 is 27.1. The van der Waals surface area contributed by atoms with E-state index in [1.807, 2.05) is 12.1 Å². The molecule has 9 heteroatoms. The van der Waals surface area contributed by atoms with E-state index in [0.29, 0.717) is 32.6 Å². The van der Waals surface area contributed by atoms with Gasteiger partial charge >= 0.3 is 0 Å². The highest BCUT2D eigenvalue weighted by molar-refractivity contribution is 7.89. The van der Waals surface area contributed by atoms with Gasteiger partial charge in [-0.3, -0.25) is 14.7 Å². The van der Waals surface area contributed by atoms with Crippen molar-refractivity contribution in [1.82, 2.24) is 24.0 Å². The van der Waals surface area contributed by atoms with E-state index in [0.717, 1.165) is 30.6 Å². The van der Waals surface area contributed by atoms with Gasteiger partial charge in [-0.1, -0.05) is 0 Å². The molecule has 1 atom stereocenters. The minimum Gasteiger partial charge on any atom is -0.297 e. The minimum absolute atomic E-state index is 0.119. The fraction of sp³-hybridized carbons (Fsp3) is 0.526. The van der Waals surface area contributed by atoms with E-state index < -0.39 is 10.0 Å². The van der Waals surface area contributed by atoms with E-state index in [1.54, 1.807) is 28.8 Å². The van der Waals surface area contributed by atoms with E-state index in [4.69, 9.17) is 0 Å². The summed E-state index contributed by atoms with van der Waals surface area (Å²) in [6.07, 6.45) is 6.17. The lowest BCUT2D eigenvalue weighted by Crippen LogP contribution is -2.41. The van der Waals surface area contributed by atoms with Crippen molar-refractivity contribution in [3.05, 3.63) is 47.0 Å². The van der Waals surface area contributed by atoms with E-state index >= 15 is 0 Å². The molecular weight excluding hydrogens is 378 g/mol. The molecule has 0 aromatic carbocycles. The van der Waals surface area contributed by atoms with Crippen LogP contribution >= 0.6 is 0 Å². The molecule has 0 radical (unpaired) electrons. The first kappa shape index (κ1) is 19.2. The summed E-state index contributed by atoms with van der Waals surface area (Å²) in [7, 11) is -3.06. The number of rotatable bonds is 6. The molecule has 2 aliphatic rings. The molecule has 0 aliphatic carbocycles. The smallest absolute Gasteiger partial charge is 0.266 e. The minimum atomic E-state index is -3.06. The van der Waals surface area contributed by atoms with Gasteiger partial charge in [-0.2, -0.15) is 5.10 Å². The summed E-state index contributed by atoms with van der Waals surface area (Å²) in [6, 6.07) is 7.23. The highest BCUT2D eigenvalue weighted by atomic mass is 32.2. The summed E-state index contributed by atoms with van der Waals surface area (Å²) in [5.74, 6) is 0.261. The van der Waals surface area contributed by atoms with Crippen molar-refractivity contribution in [3.8, 4) is 11.3 Å². The number of nitrogens with zero attached hydrogens (tertiary/aromatic N) is 5. The highest BCUT2D eigenvalue weighted by Gasteiger charge is 2.31. The highest BCUT2D eigenvalue weighted by Crippen LogP contribution is 2.20. The van der Waals surface area contributed by atoms with Gasteiger partial charge in [0.15, 0.2) is 0 Å². The van der Waals surface area contributed by atoms with Crippen LogP contribution in [0.4, 0.5) is 0 Å². The number of pyridine rings is 1. The third-order valence-corrected chi connectivity index (χ3v) is 7.52. The average molecular weight is 404 g/mol. The molecule has 0 amide bonds. The fourth-order valence-electron chi connectivity index (χ4n) is 4.03. The van der Waals surface area contributed by atoms with Crippen molar-refractivity contribution in [2.45, 2.75) is 31.8 Å². The standard InChI is InChI=1S/C19H25N5O3S/c25-19-5-4-18(16-6-8-20-9-7-16)21-24(19)15-17-3-1-10-22(17)12-13-23-11-2-14-28(23,26)27/h4-9,17H,1-3,10-15H2. The maximum absolute atomic E-state index is 12.3. The van der Waals surface area contributed by atoms with Crippen molar-refractivity contribution in [2.24, 2.45) is 0 Å². The van der Waals surface area contributed by atoms with Crippen LogP contribution in [0.2, 0.25) is 0 Å². The predicted molar refractivity (Wildman–Crippen MR) is 106 cm³/mol. The summed E-state index contributed by atoms with van der Waals surface area (Å²) in [5.41, 5.74) is 1.55. The van der Waals surface area contributed by atoms with Gasteiger partial charge in [0, 0.05) is 49.7 Å². The molecule has 2 saturated heterocycles. The van der Waals surface area contributed by atoms with Crippen LogP contribution in [0.5, 0.6) is 0 Å². The molecule has 150 valence electrons. The SMILES string of the molecule is O=c1ccc(-c2ccncc2)nn1CC1CCCN1CCN1CCCS1(=O)=O. The Morgan fingerprint density at radius 1 is 1.04 bits per heavy atom. The van der Waals surface area contributed by atoms with Crippen molar-refractivity contribution < 1.29 is 8.42 Å². The summed E-state index contributed by atoms with van der Waals surface area (Å²) in [5, 5.41) is 4.54. The molecular formula is C19H25N5O3S. The summed E-state index contributed by atoms with van der Waals surface area (Å²) in [4.78, 5) is 18.6. The molecule has 1 unspecified atom stereocenters. The molecule has 4 heterocycles. The Bertz CT molecular complexity index is 977. The van der Waals surface area contributed by atoms with Crippen LogP contribution < -0.4 is 5.56 Å². The van der Waals surface area contributed by atoms with Gasteiger partial charge in [0.05, 0.1) is 18.0 Å². The third-order valence-electron chi connectivity index (χ3n) is 5.57. The number of hydrogen-bond donors (Lipinski definition) is 0. The maximum Gasteiger partial charge on any atom is 0.266 e. The molecule has 2 fully saturated rings. The lowest BCUT2D eigenvalue weighted by molar-refractivity contribution is 0.211. The van der Waals surface area contributed by atoms with E-state index in [-0.39, 0.29) is 17.4 Å². The molecule has 2 aromatic rings. The first-order valence-electron chi connectivity index (χ1n) is 9.73. The van der Waals surface area contributed by atoms with Gasteiger partial charge in [0.2, 0.25) is 10.0 Å². The Balaban J connectivity index is 1.45. The van der Waals surface area contributed by atoms with Crippen molar-refractivity contribution in [3.63, 3.8) is 0 Å². The predicted octanol–water partition coefficient (Wildman–Crippen LogP) is 0.805. The molecule has 0 saturated carbocycles. The molecule has 4 rings (SSSR count). The zero-order valence-corrected chi connectivity index (χ0v) is 16.6. The summed E-state index contributed by atoms with van der Waals surface area (Å²) >= 11 is 0. The van der Waals surface area contributed by atoms with Gasteiger partial charge in [-0.05, 0) is 44.0 Å². The quantitative estimate of drug-likeness (QED) is 0.709. The van der Waals surface area contributed by atoms with E-state index in [9.17, 15) is 13.2 Å². The number of hydrogen-bond acceptors (Lipinski definition) is 6. The Kier molecular flexibility index (Phi) is 5.56. The van der Waals surface area contributed by atoms with Crippen molar-refractivity contribution in [2.75, 3.05) is 31.9 Å². The van der Waals surface area contributed by atoms with Crippen LogP contribution in [0.1, 0.15) is 19.3 Å². The molecule has 2 aliphatic heterocycles. The Morgan fingerprint density at radius 2 is 1.86 bits per heavy atom. The van der Waals surface area contributed by atoms with Gasteiger partial charge in [0.1, 0.15) is 0 Å². The second-order valence-electron chi connectivity index (χ2n) is 7.38. The molecule has 0 spiro atoms. The van der Waals surface area contributed by atoms with E-state index in [1.165, 1.54) is 4.68 Å². The first-order valence-corrected chi connectivity index (χ1v) is 11.3. The molecule has 0 N–H and O–H groups in total. The second-order valence-corrected chi connectivity index (χ2v) is 9.46. The van der Waals surface area contributed by atoms with Crippen molar-refractivity contribution >= 4 is 10.0 Å². The maximum atomic E-state index is 12.3. The van der Waals surface area contributed by atoms with Crippen LogP contribution in [0.25, 0.3) is 11.3 Å². The summed E-state index contributed by atoms with van der Waals surface area (Å²) in [6.45, 7) is 3.29. The van der Waals surface area contributed by atoms with Gasteiger partial charge < -0.3 is 0 Å². The van der Waals surface area contributed by atoms with Crippen molar-refractivity contribution in [1.29, 1.82) is 0 Å². The molecule has 0 bridgehead atoms.